The number of imide groups is 1. The Bertz CT molecular complexity index is 939. The minimum atomic E-state index is -5.04. The Hall–Kier alpha value is -3.04. The summed E-state index contributed by atoms with van der Waals surface area (Å²) in [5, 5.41) is 0. The number of benzene rings is 2. The predicted octanol–water partition coefficient (Wildman–Crippen LogP) is 5.42. The largest absolute Gasteiger partial charge is 0.447 e. The number of hydrogen-bond donors (Lipinski definition) is 0. The van der Waals surface area contributed by atoms with E-state index in [0.717, 1.165) is 17.4 Å². The van der Waals surface area contributed by atoms with Crippen molar-refractivity contribution in [1.29, 1.82) is 0 Å². The van der Waals surface area contributed by atoms with E-state index in [2.05, 4.69) is 0 Å². The molecule has 0 saturated carbocycles. The highest BCUT2D eigenvalue weighted by Gasteiger charge is 2.42. The number of cyclic esters (lactones) is 1. The number of carbonyl (C=O) groups is 2. The molecule has 1 fully saturated rings. The number of hydrogen-bond acceptors (Lipinski definition) is 3. The van der Waals surface area contributed by atoms with Crippen LogP contribution in [0.3, 0.4) is 0 Å². The molecule has 2 aromatic carbocycles. The van der Waals surface area contributed by atoms with Gasteiger partial charge in [0.1, 0.15) is 6.61 Å². The van der Waals surface area contributed by atoms with Crippen LogP contribution in [-0.2, 0) is 28.3 Å². The summed E-state index contributed by atoms with van der Waals surface area (Å²) >= 11 is 0. The van der Waals surface area contributed by atoms with Crippen LogP contribution in [0, 0.1) is 0 Å². The van der Waals surface area contributed by atoms with Crippen LogP contribution in [0.25, 0.3) is 0 Å². The number of halogens is 6. The van der Waals surface area contributed by atoms with E-state index in [1.165, 1.54) is 0 Å². The summed E-state index contributed by atoms with van der Waals surface area (Å²) < 4.78 is 83.7. The van der Waals surface area contributed by atoms with Gasteiger partial charge in [0.15, 0.2) is 0 Å². The minimum absolute atomic E-state index is 0.0109. The zero-order valence-corrected chi connectivity index (χ0v) is 16.1. The summed E-state index contributed by atoms with van der Waals surface area (Å²) in [6, 6.07) is 9.05. The second-order valence-corrected chi connectivity index (χ2v) is 7.19. The van der Waals surface area contributed by atoms with Crippen molar-refractivity contribution in [2.45, 2.75) is 37.7 Å². The van der Waals surface area contributed by atoms with Gasteiger partial charge in [0.25, 0.3) is 0 Å². The van der Waals surface area contributed by atoms with Crippen molar-refractivity contribution >= 4 is 12.0 Å². The van der Waals surface area contributed by atoms with Crippen molar-refractivity contribution in [2.24, 2.45) is 0 Å². The Kier molecular flexibility index (Phi) is 6.02. The van der Waals surface area contributed by atoms with E-state index in [4.69, 9.17) is 4.74 Å². The quantitative estimate of drug-likeness (QED) is 0.591. The Morgan fingerprint density at radius 3 is 2.10 bits per heavy atom. The van der Waals surface area contributed by atoms with Crippen molar-refractivity contribution in [3.05, 3.63) is 70.8 Å². The molecule has 0 radical (unpaired) electrons. The first-order chi connectivity index (χ1) is 14.4. The lowest BCUT2D eigenvalue weighted by Gasteiger charge is -2.24. The summed E-state index contributed by atoms with van der Waals surface area (Å²) in [7, 11) is 0. The maximum absolute atomic E-state index is 13.1. The van der Waals surface area contributed by atoms with Crippen molar-refractivity contribution < 1.29 is 40.7 Å². The normalized spacial score (nSPS) is 18.1. The fraction of sp³-hybridized carbons (Fsp3) is 0.333. The van der Waals surface area contributed by atoms with Crippen LogP contribution in [0.2, 0.25) is 0 Å². The van der Waals surface area contributed by atoms with E-state index in [9.17, 15) is 35.9 Å². The molecule has 0 aromatic heterocycles. The lowest BCUT2D eigenvalue weighted by molar-refractivity contribution is -0.143. The fourth-order valence-electron chi connectivity index (χ4n) is 3.35. The van der Waals surface area contributed by atoms with Gasteiger partial charge in [-0.05, 0) is 42.7 Å². The Labute approximate surface area is 173 Å². The molecule has 2 amide bonds. The fourth-order valence-corrected chi connectivity index (χ4v) is 3.35. The lowest BCUT2D eigenvalue weighted by Crippen LogP contribution is -2.42. The number of alkyl halides is 6. The second kappa shape index (κ2) is 8.24. The van der Waals surface area contributed by atoms with Gasteiger partial charge >= 0.3 is 18.4 Å². The van der Waals surface area contributed by atoms with E-state index >= 15 is 0 Å². The van der Waals surface area contributed by atoms with Gasteiger partial charge in [0.05, 0.1) is 23.1 Å². The molecule has 1 aliphatic rings. The highest BCUT2D eigenvalue weighted by molar-refractivity contribution is 5.97. The van der Waals surface area contributed by atoms with Crippen LogP contribution in [0.1, 0.15) is 35.1 Å². The molecular formula is C21H17F6NO3. The molecule has 0 unspecified atom stereocenters. The molecular weight excluding hydrogens is 428 g/mol. The van der Waals surface area contributed by atoms with Gasteiger partial charge in [0, 0.05) is 0 Å². The number of amides is 2. The molecule has 4 nitrogen and oxygen atoms in total. The first-order valence-corrected chi connectivity index (χ1v) is 9.21. The molecule has 3 rings (SSSR count). The first-order valence-electron chi connectivity index (χ1n) is 9.21. The van der Waals surface area contributed by atoms with E-state index in [-0.39, 0.29) is 19.1 Å². The Morgan fingerprint density at radius 2 is 1.58 bits per heavy atom. The average Bonchev–Trinajstić information content (AvgIpc) is 3.06. The van der Waals surface area contributed by atoms with Crippen molar-refractivity contribution in [3.8, 4) is 0 Å². The summed E-state index contributed by atoms with van der Waals surface area (Å²) in [5.74, 6) is -2.37. The monoisotopic (exact) mass is 445 g/mol. The SMILES string of the molecule is C[C@@H](C(=O)N1C(=O)OC[C@H]1Cc1ccccc1)c1cc(C(F)(F)F)cc(C(F)(F)F)c1. The van der Waals surface area contributed by atoms with Crippen LogP contribution in [0.15, 0.2) is 48.5 Å². The zero-order chi connectivity index (χ0) is 23.0. The molecule has 2 aromatic rings. The van der Waals surface area contributed by atoms with Gasteiger partial charge in [-0.3, -0.25) is 4.79 Å². The first kappa shape index (κ1) is 22.6. The third-order valence-corrected chi connectivity index (χ3v) is 4.99. The van der Waals surface area contributed by atoms with Crippen LogP contribution >= 0.6 is 0 Å². The van der Waals surface area contributed by atoms with Crippen LogP contribution in [0.4, 0.5) is 31.1 Å². The zero-order valence-electron chi connectivity index (χ0n) is 16.1. The highest BCUT2D eigenvalue weighted by atomic mass is 19.4. The number of rotatable bonds is 4. The van der Waals surface area contributed by atoms with Gasteiger partial charge in [-0.25, -0.2) is 9.69 Å². The topological polar surface area (TPSA) is 46.6 Å². The molecule has 0 bridgehead atoms. The minimum Gasteiger partial charge on any atom is -0.447 e. The lowest BCUT2D eigenvalue weighted by atomic mass is 9.94. The summed E-state index contributed by atoms with van der Waals surface area (Å²) in [4.78, 5) is 25.8. The molecule has 10 heteroatoms. The molecule has 1 saturated heterocycles. The molecule has 31 heavy (non-hydrogen) atoms. The number of ether oxygens (including phenoxy) is 1. The molecule has 166 valence electrons. The maximum atomic E-state index is 13.1. The summed E-state index contributed by atoms with van der Waals surface area (Å²) in [5.41, 5.74) is -2.76. The standard InChI is InChI=1S/C21H17F6NO3/c1-12(14-8-15(20(22,23)24)10-16(9-14)21(25,26)27)18(29)28-17(11-31-19(28)30)7-13-5-3-2-4-6-13/h2-6,8-10,12,17H,7,11H2,1H3/t12-,17-/m1/s1. The summed E-state index contributed by atoms with van der Waals surface area (Å²) in [6.45, 7) is 1.03. The maximum Gasteiger partial charge on any atom is 0.417 e. The van der Waals surface area contributed by atoms with Gasteiger partial charge in [-0.15, -0.1) is 0 Å². The molecule has 0 N–H and O–H groups in total. The number of carbonyl (C=O) groups excluding carboxylic acids is 2. The molecule has 0 spiro atoms. The van der Waals surface area contributed by atoms with Crippen molar-refractivity contribution in [2.75, 3.05) is 6.61 Å². The van der Waals surface area contributed by atoms with Crippen molar-refractivity contribution in [1.82, 2.24) is 4.90 Å². The van der Waals surface area contributed by atoms with Crippen LogP contribution < -0.4 is 0 Å². The smallest absolute Gasteiger partial charge is 0.417 e. The molecule has 2 atom stereocenters. The Balaban J connectivity index is 1.93. The van der Waals surface area contributed by atoms with Crippen LogP contribution in [-0.4, -0.2) is 29.5 Å². The Morgan fingerprint density at radius 1 is 1.03 bits per heavy atom. The molecule has 1 aliphatic heterocycles. The predicted molar refractivity (Wildman–Crippen MR) is 97.0 cm³/mol. The van der Waals surface area contributed by atoms with Crippen molar-refractivity contribution in [3.63, 3.8) is 0 Å². The average molecular weight is 445 g/mol. The summed E-state index contributed by atoms with van der Waals surface area (Å²) in [6.07, 6.45) is -10.8. The van der Waals surface area contributed by atoms with E-state index in [0.29, 0.717) is 12.1 Å². The van der Waals surface area contributed by atoms with Gasteiger partial charge in [0.2, 0.25) is 5.91 Å². The van der Waals surface area contributed by atoms with E-state index < -0.39 is 53.0 Å². The van der Waals surface area contributed by atoms with E-state index in [1.807, 2.05) is 0 Å². The van der Waals surface area contributed by atoms with Gasteiger partial charge in [-0.2, -0.15) is 26.3 Å². The molecule has 1 heterocycles. The number of nitrogens with zero attached hydrogens (tertiary/aromatic N) is 1. The third kappa shape index (κ3) is 5.00. The van der Waals surface area contributed by atoms with E-state index in [1.54, 1.807) is 30.3 Å². The van der Waals surface area contributed by atoms with Crippen LogP contribution in [0.5, 0.6) is 0 Å². The van der Waals surface area contributed by atoms with Gasteiger partial charge < -0.3 is 4.74 Å². The third-order valence-electron chi connectivity index (χ3n) is 4.99. The molecule has 0 aliphatic carbocycles. The van der Waals surface area contributed by atoms with Gasteiger partial charge in [-0.1, -0.05) is 30.3 Å². The highest BCUT2D eigenvalue weighted by Crippen LogP contribution is 2.38. The second-order valence-electron chi connectivity index (χ2n) is 7.19.